The van der Waals surface area contributed by atoms with Gasteiger partial charge in [0, 0.05) is 24.3 Å². The number of hydrogen-bond acceptors (Lipinski definition) is 6. The van der Waals surface area contributed by atoms with Crippen LogP contribution in [0.1, 0.15) is 61.3 Å². The number of rotatable bonds is 6. The molecular weight excluding hydrogens is 441 g/mol. The quantitative estimate of drug-likeness (QED) is 0.601. The maximum atomic E-state index is 13.4. The van der Waals surface area contributed by atoms with Crippen LogP contribution < -0.4 is 0 Å². The molecule has 4 rings (SSSR count). The summed E-state index contributed by atoms with van der Waals surface area (Å²) in [4.78, 5) is 39.5. The molecule has 182 valence electrons. The Morgan fingerprint density at radius 3 is 2.47 bits per heavy atom. The maximum absolute atomic E-state index is 13.4. The molecule has 0 spiro atoms. The number of ether oxygens (including phenoxy) is 2. The first kappa shape index (κ1) is 23.9. The lowest BCUT2D eigenvalue weighted by molar-refractivity contribution is -0.152. The van der Waals surface area contributed by atoms with Gasteiger partial charge in [-0.15, -0.1) is 0 Å². The van der Waals surface area contributed by atoms with Gasteiger partial charge in [0.2, 0.25) is 0 Å². The number of hydrogen-bond donors (Lipinski definition) is 0. The van der Waals surface area contributed by atoms with E-state index in [2.05, 4.69) is 5.10 Å². The van der Waals surface area contributed by atoms with Crippen LogP contribution in [0.2, 0.25) is 0 Å². The summed E-state index contributed by atoms with van der Waals surface area (Å²) in [6, 6.07) is 5.96. The molecule has 1 aromatic carbocycles. The second kappa shape index (κ2) is 10.4. The van der Waals surface area contributed by atoms with Gasteiger partial charge < -0.3 is 14.4 Å². The molecule has 1 unspecified atom stereocenters. The van der Waals surface area contributed by atoms with E-state index in [4.69, 9.17) is 9.47 Å². The maximum Gasteiger partial charge on any atom is 0.359 e. The van der Waals surface area contributed by atoms with Crippen molar-refractivity contribution in [3.05, 3.63) is 47.0 Å². The Morgan fingerprint density at radius 1 is 1.12 bits per heavy atom. The van der Waals surface area contributed by atoms with E-state index < -0.39 is 12.1 Å². The number of carbonyl (C=O) groups excluding carboxylic acids is 3. The number of piperidine rings is 1. The molecule has 2 aromatic rings. The van der Waals surface area contributed by atoms with Crippen molar-refractivity contribution < 1.29 is 28.2 Å². The predicted molar refractivity (Wildman–Crippen MR) is 121 cm³/mol. The number of carbonyl (C=O) groups is 3. The van der Waals surface area contributed by atoms with Crippen molar-refractivity contribution in [1.82, 2.24) is 14.7 Å². The number of nitrogens with zero attached hydrogens (tertiary/aromatic N) is 3. The van der Waals surface area contributed by atoms with Gasteiger partial charge in [0.1, 0.15) is 5.82 Å². The predicted octanol–water partition coefficient (Wildman–Crippen LogP) is 3.24. The average Bonchev–Trinajstić information content (AvgIpc) is 3.24. The second-order valence-corrected chi connectivity index (χ2v) is 8.77. The SMILES string of the molecule is CCOC(=O)C1CCN(C(=O)C(C)OC(=O)c2nn(-c3ccc(F)cc3)c3c2CCCC3)CC1. The van der Waals surface area contributed by atoms with Gasteiger partial charge in [-0.2, -0.15) is 5.10 Å². The summed E-state index contributed by atoms with van der Waals surface area (Å²) in [5.41, 5.74) is 2.63. The molecule has 1 fully saturated rings. The third kappa shape index (κ3) is 4.98. The topological polar surface area (TPSA) is 90.7 Å². The zero-order chi connectivity index (χ0) is 24.2. The van der Waals surface area contributed by atoms with Gasteiger partial charge in [-0.1, -0.05) is 0 Å². The fourth-order valence-electron chi connectivity index (χ4n) is 4.68. The highest BCUT2D eigenvalue weighted by molar-refractivity contribution is 5.92. The standard InChI is InChI=1S/C25H30FN3O5/c1-3-33-24(31)17-12-14-28(15-13-17)23(30)16(2)34-25(32)22-20-6-4-5-7-21(20)29(27-22)19-10-8-18(26)9-11-19/h8-11,16-17H,3-7,12-15H2,1-2H3. The Morgan fingerprint density at radius 2 is 1.79 bits per heavy atom. The highest BCUT2D eigenvalue weighted by atomic mass is 19.1. The van der Waals surface area contributed by atoms with Gasteiger partial charge in [0.15, 0.2) is 11.8 Å². The van der Waals surface area contributed by atoms with Gasteiger partial charge in [0.25, 0.3) is 5.91 Å². The van der Waals surface area contributed by atoms with E-state index >= 15 is 0 Å². The molecule has 0 N–H and O–H groups in total. The molecule has 1 saturated heterocycles. The van der Waals surface area contributed by atoms with Crippen LogP contribution in [0.3, 0.4) is 0 Å². The van der Waals surface area contributed by atoms with Gasteiger partial charge in [-0.25, -0.2) is 13.9 Å². The van der Waals surface area contributed by atoms with Crippen molar-refractivity contribution in [2.45, 2.75) is 58.5 Å². The van der Waals surface area contributed by atoms with E-state index in [1.54, 1.807) is 35.6 Å². The summed E-state index contributed by atoms with van der Waals surface area (Å²) >= 11 is 0. The minimum atomic E-state index is -0.971. The second-order valence-electron chi connectivity index (χ2n) is 8.77. The minimum absolute atomic E-state index is 0.205. The lowest BCUT2D eigenvalue weighted by Crippen LogP contribution is -2.45. The monoisotopic (exact) mass is 471 g/mol. The number of fused-ring (bicyclic) bond motifs is 1. The zero-order valence-electron chi connectivity index (χ0n) is 19.6. The molecule has 2 aliphatic rings. The zero-order valence-corrected chi connectivity index (χ0v) is 19.6. The van der Waals surface area contributed by atoms with Crippen LogP contribution in [0.15, 0.2) is 24.3 Å². The number of likely N-dealkylation sites (tertiary alicyclic amines) is 1. The van der Waals surface area contributed by atoms with Crippen LogP contribution in [0.25, 0.3) is 5.69 Å². The molecule has 9 heteroatoms. The van der Waals surface area contributed by atoms with Crippen LogP contribution >= 0.6 is 0 Å². The summed E-state index contributed by atoms with van der Waals surface area (Å²) in [5, 5.41) is 4.51. The molecule has 0 bridgehead atoms. The van der Waals surface area contributed by atoms with Crippen molar-refractivity contribution in [2.75, 3.05) is 19.7 Å². The first-order chi connectivity index (χ1) is 16.4. The highest BCUT2D eigenvalue weighted by Gasteiger charge is 2.33. The highest BCUT2D eigenvalue weighted by Crippen LogP contribution is 2.28. The van der Waals surface area contributed by atoms with Crippen molar-refractivity contribution in [3.8, 4) is 5.69 Å². The number of amides is 1. The van der Waals surface area contributed by atoms with Crippen LogP contribution in [0, 0.1) is 11.7 Å². The third-order valence-electron chi connectivity index (χ3n) is 6.50. The molecular formula is C25H30FN3O5. The summed E-state index contributed by atoms with van der Waals surface area (Å²) < 4.78 is 25.7. The summed E-state index contributed by atoms with van der Waals surface area (Å²) in [6.45, 7) is 4.50. The average molecular weight is 472 g/mol. The van der Waals surface area contributed by atoms with Crippen molar-refractivity contribution in [2.24, 2.45) is 5.92 Å². The molecule has 0 radical (unpaired) electrons. The van der Waals surface area contributed by atoms with Gasteiger partial charge in [-0.05, 0) is 76.6 Å². The minimum Gasteiger partial charge on any atom is -0.466 e. The van der Waals surface area contributed by atoms with E-state index in [1.165, 1.54) is 12.1 Å². The number of benzene rings is 1. The number of esters is 2. The molecule has 2 heterocycles. The Hall–Kier alpha value is -3.23. The first-order valence-corrected chi connectivity index (χ1v) is 11.9. The van der Waals surface area contributed by atoms with Crippen molar-refractivity contribution in [1.29, 1.82) is 0 Å². The lowest BCUT2D eigenvalue weighted by Gasteiger charge is -2.32. The van der Waals surface area contributed by atoms with Crippen LogP contribution in [0.4, 0.5) is 4.39 Å². The van der Waals surface area contributed by atoms with Gasteiger partial charge in [0.05, 0.1) is 18.2 Å². The lowest BCUT2D eigenvalue weighted by atomic mass is 9.95. The molecule has 1 aliphatic heterocycles. The summed E-state index contributed by atoms with van der Waals surface area (Å²) in [5.74, 6) is -1.70. The van der Waals surface area contributed by atoms with Crippen molar-refractivity contribution >= 4 is 17.8 Å². The molecule has 1 atom stereocenters. The summed E-state index contributed by atoms with van der Waals surface area (Å²) in [7, 11) is 0. The van der Waals surface area contributed by atoms with Crippen molar-refractivity contribution in [3.63, 3.8) is 0 Å². The third-order valence-corrected chi connectivity index (χ3v) is 6.50. The molecule has 0 saturated carbocycles. The van der Waals surface area contributed by atoms with E-state index in [9.17, 15) is 18.8 Å². The van der Waals surface area contributed by atoms with Gasteiger partial charge >= 0.3 is 11.9 Å². The Bertz CT molecular complexity index is 1060. The normalized spacial score (nSPS) is 17.1. The van der Waals surface area contributed by atoms with E-state index in [0.29, 0.717) is 44.6 Å². The molecule has 1 amide bonds. The summed E-state index contributed by atoms with van der Waals surface area (Å²) in [6.07, 6.45) is 3.46. The van der Waals surface area contributed by atoms with E-state index in [-0.39, 0.29) is 29.3 Å². The van der Waals surface area contributed by atoms with Crippen LogP contribution in [-0.4, -0.2) is 58.3 Å². The number of aromatic nitrogens is 2. The molecule has 1 aliphatic carbocycles. The fourth-order valence-corrected chi connectivity index (χ4v) is 4.68. The Labute approximate surface area is 198 Å². The van der Waals surface area contributed by atoms with E-state index in [0.717, 1.165) is 30.5 Å². The molecule has 1 aromatic heterocycles. The van der Waals surface area contributed by atoms with E-state index in [1.807, 2.05) is 0 Å². The smallest absolute Gasteiger partial charge is 0.359 e. The fraction of sp³-hybridized carbons (Fsp3) is 0.520. The Balaban J connectivity index is 1.44. The first-order valence-electron chi connectivity index (χ1n) is 11.9. The van der Waals surface area contributed by atoms with Crippen LogP contribution in [0.5, 0.6) is 0 Å². The molecule has 34 heavy (non-hydrogen) atoms. The Kier molecular flexibility index (Phi) is 7.29. The van der Waals surface area contributed by atoms with Gasteiger partial charge in [-0.3, -0.25) is 9.59 Å². The largest absolute Gasteiger partial charge is 0.466 e. The van der Waals surface area contributed by atoms with Crippen LogP contribution in [-0.2, 0) is 31.9 Å². The molecule has 8 nitrogen and oxygen atoms in total. The number of halogens is 1.